The molecule has 2 aromatic rings. The van der Waals surface area contributed by atoms with Gasteiger partial charge in [0.1, 0.15) is 0 Å². The van der Waals surface area contributed by atoms with E-state index in [0.717, 1.165) is 18.5 Å². The first-order valence-corrected chi connectivity index (χ1v) is 7.70. The molecule has 120 valence electrons. The van der Waals surface area contributed by atoms with E-state index in [9.17, 15) is 9.59 Å². The highest BCUT2D eigenvalue weighted by atomic mass is 16.5. The van der Waals surface area contributed by atoms with Gasteiger partial charge in [0.2, 0.25) is 11.7 Å². The van der Waals surface area contributed by atoms with Crippen molar-refractivity contribution in [2.45, 2.75) is 25.8 Å². The largest absolute Gasteiger partial charge is 0.351 e. The Hall–Kier alpha value is -2.63. The molecule has 23 heavy (non-hydrogen) atoms. The van der Waals surface area contributed by atoms with Gasteiger partial charge in [0.25, 0.3) is 5.91 Å². The van der Waals surface area contributed by atoms with Crippen molar-refractivity contribution in [2.75, 3.05) is 13.1 Å². The van der Waals surface area contributed by atoms with Gasteiger partial charge >= 0.3 is 0 Å². The van der Waals surface area contributed by atoms with E-state index < -0.39 is 0 Å². The maximum Gasteiger partial charge on any atom is 0.290 e. The lowest BCUT2D eigenvalue weighted by Crippen LogP contribution is -2.38. The monoisotopic (exact) mass is 313 g/mol. The third-order valence-electron chi connectivity index (χ3n) is 3.93. The van der Waals surface area contributed by atoms with E-state index in [2.05, 4.69) is 10.5 Å². The molecule has 1 aliphatic heterocycles. The Morgan fingerprint density at radius 1 is 1.39 bits per heavy atom. The van der Waals surface area contributed by atoms with Gasteiger partial charge in [0, 0.05) is 25.6 Å². The van der Waals surface area contributed by atoms with E-state index in [1.807, 2.05) is 30.3 Å². The van der Waals surface area contributed by atoms with Crippen LogP contribution < -0.4 is 5.32 Å². The number of rotatable bonds is 5. The number of carbonyl (C=O) groups excluding carboxylic acids is 2. The Morgan fingerprint density at radius 3 is 2.78 bits per heavy atom. The molecule has 6 nitrogen and oxygen atoms in total. The maximum absolute atomic E-state index is 12.3. The number of carbonyl (C=O) groups is 2. The highest BCUT2D eigenvalue weighted by molar-refractivity contribution is 5.91. The van der Waals surface area contributed by atoms with Crippen LogP contribution in [0.4, 0.5) is 0 Å². The normalized spacial score (nSPS) is 15.7. The summed E-state index contributed by atoms with van der Waals surface area (Å²) in [7, 11) is 0. The molecule has 2 heterocycles. The predicted molar refractivity (Wildman–Crippen MR) is 83.7 cm³/mol. The molecule has 1 aromatic carbocycles. The van der Waals surface area contributed by atoms with Gasteiger partial charge in [-0.25, -0.2) is 0 Å². The van der Waals surface area contributed by atoms with Crippen LogP contribution in [-0.4, -0.2) is 35.0 Å². The molecule has 2 amide bonds. The first-order chi connectivity index (χ1) is 11.1. The van der Waals surface area contributed by atoms with E-state index in [1.165, 1.54) is 0 Å². The Kier molecular flexibility index (Phi) is 4.41. The van der Waals surface area contributed by atoms with Crippen LogP contribution in [0.2, 0.25) is 0 Å². The molecule has 0 unspecified atom stereocenters. The molecule has 1 aliphatic rings. The molecule has 0 radical (unpaired) electrons. The van der Waals surface area contributed by atoms with Crippen molar-refractivity contribution in [1.29, 1.82) is 0 Å². The summed E-state index contributed by atoms with van der Waals surface area (Å²) in [5.74, 6) is -0.0158. The summed E-state index contributed by atoms with van der Waals surface area (Å²) in [4.78, 5) is 26.0. The average molecular weight is 313 g/mol. The fourth-order valence-corrected chi connectivity index (χ4v) is 2.74. The van der Waals surface area contributed by atoms with Crippen molar-refractivity contribution in [1.82, 2.24) is 15.4 Å². The highest BCUT2D eigenvalue weighted by Crippen LogP contribution is 2.19. The molecular weight excluding hydrogens is 294 g/mol. The van der Waals surface area contributed by atoms with E-state index in [0.29, 0.717) is 18.7 Å². The minimum atomic E-state index is -0.328. The first kappa shape index (κ1) is 15.3. The fourth-order valence-electron chi connectivity index (χ4n) is 2.74. The summed E-state index contributed by atoms with van der Waals surface area (Å²) in [6.07, 6.45) is 1.45. The Balaban J connectivity index is 1.77. The number of likely N-dealkylation sites (tertiary alicyclic amines) is 1. The lowest BCUT2D eigenvalue weighted by Gasteiger charge is -2.24. The molecule has 0 bridgehead atoms. The smallest absolute Gasteiger partial charge is 0.290 e. The van der Waals surface area contributed by atoms with Gasteiger partial charge in [-0.05, 0) is 18.9 Å². The summed E-state index contributed by atoms with van der Waals surface area (Å²) >= 11 is 0. The molecular formula is C17H19N3O3. The Labute approximate surface area is 134 Å². The first-order valence-electron chi connectivity index (χ1n) is 7.70. The lowest BCUT2D eigenvalue weighted by molar-refractivity contribution is -0.128. The van der Waals surface area contributed by atoms with E-state index in [1.54, 1.807) is 17.9 Å². The zero-order valence-electron chi connectivity index (χ0n) is 13.0. The van der Waals surface area contributed by atoms with E-state index in [4.69, 9.17) is 4.52 Å². The average Bonchev–Trinajstić information content (AvgIpc) is 3.16. The van der Waals surface area contributed by atoms with E-state index in [-0.39, 0.29) is 23.6 Å². The maximum atomic E-state index is 12.3. The summed E-state index contributed by atoms with van der Waals surface area (Å²) < 4.78 is 5.01. The molecule has 1 aromatic heterocycles. The highest BCUT2D eigenvalue weighted by Gasteiger charge is 2.26. The van der Waals surface area contributed by atoms with Crippen molar-refractivity contribution >= 4 is 11.8 Å². The zero-order chi connectivity index (χ0) is 16.2. The van der Waals surface area contributed by atoms with Gasteiger partial charge < -0.3 is 14.7 Å². The van der Waals surface area contributed by atoms with Crippen LogP contribution in [0.15, 0.2) is 40.9 Å². The molecule has 0 spiro atoms. The van der Waals surface area contributed by atoms with Gasteiger partial charge in [0.05, 0.1) is 11.7 Å². The van der Waals surface area contributed by atoms with E-state index >= 15 is 0 Å². The SMILES string of the molecule is Cc1cc(C(=O)N[C@H](CN2CCCC2=O)c2ccccc2)on1. The van der Waals surface area contributed by atoms with Crippen molar-refractivity contribution in [3.63, 3.8) is 0 Å². The Bertz CT molecular complexity index is 696. The van der Waals surface area contributed by atoms with Crippen LogP contribution >= 0.6 is 0 Å². The van der Waals surface area contributed by atoms with Gasteiger partial charge in [-0.1, -0.05) is 35.5 Å². The molecule has 1 N–H and O–H groups in total. The fraction of sp³-hybridized carbons (Fsp3) is 0.353. The van der Waals surface area contributed by atoms with Gasteiger partial charge in [0.15, 0.2) is 0 Å². The summed E-state index contributed by atoms with van der Waals surface area (Å²) in [5, 5.41) is 6.68. The van der Waals surface area contributed by atoms with Crippen LogP contribution in [-0.2, 0) is 4.79 Å². The van der Waals surface area contributed by atoms with Crippen LogP contribution in [0.25, 0.3) is 0 Å². The quantitative estimate of drug-likeness (QED) is 0.917. The van der Waals surface area contributed by atoms with Crippen LogP contribution in [0.3, 0.4) is 0 Å². The number of benzene rings is 1. The van der Waals surface area contributed by atoms with Crippen LogP contribution in [0, 0.1) is 6.92 Å². The topological polar surface area (TPSA) is 75.4 Å². The number of aromatic nitrogens is 1. The second-order valence-corrected chi connectivity index (χ2v) is 5.71. The number of nitrogens with zero attached hydrogens (tertiary/aromatic N) is 2. The summed E-state index contributed by atoms with van der Waals surface area (Å²) in [5.41, 5.74) is 1.61. The molecule has 0 saturated carbocycles. The second-order valence-electron chi connectivity index (χ2n) is 5.71. The lowest BCUT2D eigenvalue weighted by atomic mass is 10.1. The van der Waals surface area contributed by atoms with Gasteiger partial charge in [-0.15, -0.1) is 0 Å². The number of nitrogens with one attached hydrogen (secondary N) is 1. The number of aryl methyl sites for hydroxylation is 1. The molecule has 1 fully saturated rings. The predicted octanol–water partition coefficient (Wildman–Crippen LogP) is 2.08. The molecule has 6 heteroatoms. The van der Waals surface area contributed by atoms with Crippen molar-refractivity contribution in [2.24, 2.45) is 0 Å². The Morgan fingerprint density at radius 2 is 2.17 bits per heavy atom. The van der Waals surface area contributed by atoms with Crippen molar-refractivity contribution in [3.05, 3.63) is 53.4 Å². The minimum Gasteiger partial charge on any atom is -0.351 e. The summed E-state index contributed by atoms with van der Waals surface area (Å²) in [6, 6.07) is 10.9. The summed E-state index contributed by atoms with van der Waals surface area (Å²) in [6.45, 7) is 2.96. The van der Waals surface area contributed by atoms with Gasteiger partial charge in [-0.3, -0.25) is 9.59 Å². The molecule has 1 saturated heterocycles. The molecule has 3 rings (SSSR count). The standard InChI is InChI=1S/C17H19N3O3/c1-12-10-15(23-19-12)17(22)18-14(13-6-3-2-4-7-13)11-20-9-5-8-16(20)21/h2-4,6-7,10,14H,5,8-9,11H2,1H3,(H,18,22)/t14-/m1/s1. The minimum absolute atomic E-state index is 0.135. The molecule has 1 atom stereocenters. The molecule has 0 aliphatic carbocycles. The number of amides is 2. The third-order valence-corrected chi connectivity index (χ3v) is 3.93. The second kappa shape index (κ2) is 6.64. The number of hydrogen-bond donors (Lipinski definition) is 1. The third kappa shape index (κ3) is 3.59. The van der Waals surface area contributed by atoms with Gasteiger partial charge in [-0.2, -0.15) is 0 Å². The van der Waals surface area contributed by atoms with Crippen LogP contribution in [0.1, 0.15) is 40.7 Å². The van der Waals surface area contributed by atoms with Crippen molar-refractivity contribution in [3.8, 4) is 0 Å². The van der Waals surface area contributed by atoms with Crippen molar-refractivity contribution < 1.29 is 14.1 Å². The number of hydrogen-bond acceptors (Lipinski definition) is 4. The zero-order valence-corrected chi connectivity index (χ0v) is 13.0. The van der Waals surface area contributed by atoms with Crippen LogP contribution in [0.5, 0.6) is 0 Å².